The Labute approximate surface area is 163 Å². The molecule has 1 fully saturated rings. The number of rotatable bonds is 4. The maximum Gasteiger partial charge on any atom is 0.281 e. The van der Waals surface area contributed by atoms with Crippen molar-refractivity contribution in [1.82, 2.24) is 9.55 Å². The average molecular weight is 394 g/mol. The Balaban J connectivity index is 1.78. The summed E-state index contributed by atoms with van der Waals surface area (Å²) in [5.74, 6) is -1.59. The minimum Gasteiger partial charge on any atom is -0.443 e. The van der Waals surface area contributed by atoms with E-state index in [0.29, 0.717) is 16.5 Å². The van der Waals surface area contributed by atoms with Gasteiger partial charge in [0, 0.05) is 23.4 Å². The molecule has 2 aromatic carbocycles. The standard InChI is InChI=1S/C22H16F2N2O3/c1-2-19(27)13-6-3-11(7-16(13)23)14-9-18-15(8-17(14)24)21-20(25-10-29-21)22(28)26(18)12-4-5-12/h3,6-10,12H,2,4-5H2,1H3. The topological polar surface area (TPSA) is 65.1 Å². The fourth-order valence-electron chi connectivity index (χ4n) is 3.77. The van der Waals surface area contributed by atoms with Crippen molar-refractivity contribution < 1.29 is 18.0 Å². The number of pyridine rings is 1. The van der Waals surface area contributed by atoms with Crippen molar-refractivity contribution in [3.05, 3.63) is 64.3 Å². The van der Waals surface area contributed by atoms with E-state index in [0.717, 1.165) is 18.9 Å². The van der Waals surface area contributed by atoms with Crippen LogP contribution in [0.4, 0.5) is 8.78 Å². The summed E-state index contributed by atoms with van der Waals surface area (Å²) < 4.78 is 36.4. The van der Waals surface area contributed by atoms with E-state index in [1.54, 1.807) is 17.6 Å². The third kappa shape index (κ3) is 2.68. The monoisotopic (exact) mass is 394 g/mol. The van der Waals surface area contributed by atoms with Crippen molar-refractivity contribution in [3.63, 3.8) is 0 Å². The number of benzene rings is 2. The van der Waals surface area contributed by atoms with E-state index in [-0.39, 0.29) is 46.0 Å². The number of carbonyl (C=O) groups is 1. The summed E-state index contributed by atoms with van der Waals surface area (Å²) in [6.07, 6.45) is 3.07. The number of aromatic nitrogens is 2. The lowest BCUT2D eigenvalue weighted by Gasteiger charge is -2.13. The van der Waals surface area contributed by atoms with Crippen LogP contribution in [0.2, 0.25) is 0 Å². The summed E-state index contributed by atoms with van der Waals surface area (Å²) in [6.45, 7) is 1.65. The Bertz CT molecular complexity index is 1370. The summed E-state index contributed by atoms with van der Waals surface area (Å²) in [5, 5.41) is 0.448. The zero-order valence-corrected chi connectivity index (χ0v) is 15.5. The molecular formula is C22H16F2N2O3. The summed E-state index contributed by atoms with van der Waals surface area (Å²) in [7, 11) is 0. The highest BCUT2D eigenvalue weighted by molar-refractivity contribution is 6.02. The van der Waals surface area contributed by atoms with Gasteiger partial charge in [0.25, 0.3) is 5.56 Å². The van der Waals surface area contributed by atoms with Gasteiger partial charge in [-0.1, -0.05) is 13.0 Å². The number of halogens is 2. The molecule has 0 bridgehead atoms. The van der Waals surface area contributed by atoms with Gasteiger partial charge in [0.2, 0.25) is 0 Å². The van der Waals surface area contributed by atoms with Gasteiger partial charge in [0.05, 0.1) is 11.1 Å². The molecule has 5 nitrogen and oxygen atoms in total. The second kappa shape index (κ2) is 6.34. The normalized spacial score (nSPS) is 14.0. The van der Waals surface area contributed by atoms with E-state index in [9.17, 15) is 14.0 Å². The van der Waals surface area contributed by atoms with Gasteiger partial charge in [-0.25, -0.2) is 13.8 Å². The molecule has 4 aromatic rings. The molecule has 0 atom stereocenters. The highest BCUT2D eigenvalue weighted by Gasteiger charge is 2.29. The van der Waals surface area contributed by atoms with E-state index in [1.165, 1.54) is 24.6 Å². The largest absolute Gasteiger partial charge is 0.443 e. The van der Waals surface area contributed by atoms with Crippen LogP contribution in [0, 0.1) is 11.6 Å². The second-order valence-corrected chi connectivity index (χ2v) is 7.26. The first-order valence-corrected chi connectivity index (χ1v) is 9.43. The fraction of sp³-hybridized carbons (Fsp3) is 0.227. The van der Waals surface area contributed by atoms with Crippen LogP contribution in [0.5, 0.6) is 0 Å². The Morgan fingerprint density at radius 1 is 1.21 bits per heavy atom. The Kier molecular flexibility index (Phi) is 3.87. The molecule has 0 radical (unpaired) electrons. The number of carbonyl (C=O) groups excluding carboxylic acids is 1. The first-order chi connectivity index (χ1) is 14.0. The molecule has 0 unspecified atom stereocenters. The van der Waals surface area contributed by atoms with Gasteiger partial charge in [-0.05, 0) is 42.7 Å². The van der Waals surface area contributed by atoms with Crippen LogP contribution in [-0.2, 0) is 0 Å². The Morgan fingerprint density at radius 3 is 2.69 bits per heavy atom. The van der Waals surface area contributed by atoms with Gasteiger partial charge in [-0.3, -0.25) is 9.59 Å². The number of hydrogen-bond donors (Lipinski definition) is 0. The van der Waals surface area contributed by atoms with Crippen molar-refractivity contribution in [1.29, 1.82) is 0 Å². The molecule has 0 amide bonds. The zero-order valence-electron chi connectivity index (χ0n) is 15.5. The number of ketones is 1. The van der Waals surface area contributed by atoms with Crippen LogP contribution < -0.4 is 5.56 Å². The number of oxazole rings is 1. The van der Waals surface area contributed by atoms with Crippen LogP contribution in [0.25, 0.3) is 33.1 Å². The molecule has 1 aliphatic rings. The van der Waals surface area contributed by atoms with E-state index in [2.05, 4.69) is 4.98 Å². The van der Waals surface area contributed by atoms with E-state index < -0.39 is 11.6 Å². The van der Waals surface area contributed by atoms with Crippen molar-refractivity contribution in [2.24, 2.45) is 0 Å². The number of fused-ring (bicyclic) bond motifs is 3. The number of nitrogens with zero attached hydrogens (tertiary/aromatic N) is 2. The maximum absolute atomic E-state index is 15.0. The van der Waals surface area contributed by atoms with Crippen LogP contribution >= 0.6 is 0 Å². The third-order valence-corrected chi connectivity index (χ3v) is 5.39. The highest BCUT2D eigenvalue weighted by atomic mass is 19.1. The van der Waals surface area contributed by atoms with Gasteiger partial charge in [-0.2, -0.15) is 0 Å². The first kappa shape index (κ1) is 17.7. The average Bonchev–Trinajstić information content (AvgIpc) is 3.42. The summed E-state index contributed by atoms with van der Waals surface area (Å²) in [5.41, 5.74) is 1.08. The predicted octanol–water partition coefficient (Wildman–Crippen LogP) is 5.02. The van der Waals surface area contributed by atoms with Crippen LogP contribution in [0.15, 0.2) is 45.9 Å². The summed E-state index contributed by atoms with van der Waals surface area (Å²) in [6, 6.07) is 6.91. The smallest absolute Gasteiger partial charge is 0.281 e. The molecule has 1 aliphatic carbocycles. The Morgan fingerprint density at radius 2 is 2.00 bits per heavy atom. The highest BCUT2D eigenvalue weighted by Crippen LogP contribution is 2.39. The van der Waals surface area contributed by atoms with Gasteiger partial charge in [-0.15, -0.1) is 0 Å². The molecule has 2 aromatic heterocycles. The molecule has 0 spiro atoms. The van der Waals surface area contributed by atoms with Crippen molar-refractivity contribution >= 4 is 27.8 Å². The van der Waals surface area contributed by atoms with Crippen molar-refractivity contribution in [2.75, 3.05) is 0 Å². The Hall–Kier alpha value is -3.35. The van der Waals surface area contributed by atoms with Gasteiger partial charge >= 0.3 is 0 Å². The molecule has 7 heteroatoms. The van der Waals surface area contributed by atoms with E-state index in [1.807, 2.05) is 0 Å². The van der Waals surface area contributed by atoms with Gasteiger partial charge < -0.3 is 8.98 Å². The van der Waals surface area contributed by atoms with Crippen molar-refractivity contribution in [3.8, 4) is 11.1 Å². The minimum absolute atomic E-state index is 0.0179. The summed E-state index contributed by atoms with van der Waals surface area (Å²) in [4.78, 5) is 28.7. The van der Waals surface area contributed by atoms with Crippen LogP contribution in [-0.4, -0.2) is 15.3 Å². The molecule has 1 saturated carbocycles. The molecule has 146 valence electrons. The number of hydrogen-bond acceptors (Lipinski definition) is 4. The molecule has 0 saturated heterocycles. The SMILES string of the molecule is CCC(=O)c1ccc(-c2cc3c(cc2F)c2ocnc2c(=O)n3C2CC2)cc1F. The van der Waals surface area contributed by atoms with Gasteiger partial charge in [0.1, 0.15) is 11.6 Å². The molecular weight excluding hydrogens is 378 g/mol. The lowest BCUT2D eigenvalue weighted by atomic mass is 9.99. The zero-order chi connectivity index (χ0) is 20.3. The quantitative estimate of drug-likeness (QED) is 0.456. The van der Waals surface area contributed by atoms with E-state index >= 15 is 4.39 Å². The second-order valence-electron chi connectivity index (χ2n) is 7.26. The molecule has 0 aliphatic heterocycles. The predicted molar refractivity (Wildman–Crippen MR) is 104 cm³/mol. The van der Waals surface area contributed by atoms with E-state index in [4.69, 9.17) is 4.42 Å². The molecule has 29 heavy (non-hydrogen) atoms. The fourth-order valence-corrected chi connectivity index (χ4v) is 3.77. The van der Waals surface area contributed by atoms with Crippen molar-refractivity contribution in [2.45, 2.75) is 32.2 Å². The molecule has 5 rings (SSSR count). The molecule has 2 heterocycles. The first-order valence-electron chi connectivity index (χ1n) is 9.43. The lowest BCUT2D eigenvalue weighted by Crippen LogP contribution is -2.20. The molecule has 0 N–H and O–H groups in total. The number of Topliss-reactive ketones (excluding diaryl/α,β-unsaturated/α-hetero) is 1. The minimum atomic E-state index is -0.695. The van der Waals surface area contributed by atoms with Crippen LogP contribution in [0.3, 0.4) is 0 Å². The lowest BCUT2D eigenvalue weighted by molar-refractivity contribution is 0.0984. The third-order valence-electron chi connectivity index (χ3n) is 5.39. The van der Waals surface area contributed by atoms with Gasteiger partial charge in [0.15, 0.2) is 23.3 Å². The summed E-state index contributed by atoms with van der Waals surface area (Å²) >= 11 is 0. The van der Waals surface area contributed by atoms with Crippen LogP contribution in [0.1, 0.15) is 42.6 Å². The maximum atomic E-state index is 15.0.